The van der Waals surface area contributed by atoms with Crippen molar-refractivity contribution in [1.29, 1.82) is 0 Å². The van der Waals surface area contributed by atoms with Crippen LogP contribution in [0.15, 0.2) is 48.7 Å². The Hall–Kier alpha value is -2.89. The molecular formula is C18H19N3O3. The second kappa shape index (κ2) is 7.12. The number of carbonyl (C=O) groups is 2. The summed E-state index contributed by atoms with van der Waals surface area (Å²) >= 11 is 0. The van der Waals surface area contributed by atoms with Crippen LogP contribution in [0.5, 0.6) is 0 Å². The van der Waals surface area contributed by atoms with Gasteiger partial charge in [0.25, 0.3) is 0 Å². The number of carboxylic acid groups (broad SMARTS) is 1. The number of carbonyl (C=O) groups excluding carboxylic acids is 1. The van der Waals surface area contributed by atoms with Crippen molar-refractivity contribution < 1.29 is 14.7 Å². The molecule has 0 bridgehead atoms. The topological polar surface area (TPSA) is 84.2 Å². The molecule has 24 heavy (non-hydrogen) atoms. The molecule has 2 N–H and O–H groups in total. The van der Waals surface area contributed by atoms with Crippen LogP contribution in [0.4, 0.5) is 0 Å². The number of nitrogens with zero attached hydrogens (tertiary/aromatic N) is 2. The average Bonchev–Trinajstić information content (AvgIpc) is 3.11. The highest BCUT2D eigenvalue weighted by Gasteiger charge is 2.18. The Morgan fingerprint density at radius 3 is 2.88 bits per heavy atom. The summed E-state index contributed by atoms with van der Waals surface area (Å²) in [5.41, 5.74) is 1.70. The molecule has 3 rings (SSSR count). The SMILES string of the molecule is O=C(O)c1ccn(-c2cccc(CNC(=O)C3CC=CCC3)c2)n1. The number of amides is 1. The van der Waals surface area contributed by atoms with Crippen LogP contribution in [-0.2, 0) is 11.3 Å². The van der Waals surface area contributed by atoms with Crippen LogP contribution in [0.3, 0.4) is 0 Å². The molecule has 124 valence electrons. The second-order valence-corrected chi connectivity index (χ2v) is 5.82. The van der Waals surface area contributed by atoms with E-state index in [0.717, 1.165) is 30.5 Å². The average molecular weight is 325 g/mol. The maximum absolute atomic E-state index is 12.2. The van der Waals surface area contributed by atoms with Gasteiger partial charge in [0.15, 0.2) is 5.69 Å². The zero-order valence-corrected chi connectivity index (χ0v) is 13.2. The second-order valence-electron chi connectivity index (χ2n) is 5.82. The summed E-state index contributed by atoms with van der Waals surface area (Å²) in [6, 6.07) is 8.97. The molecule has 6 nitrogen and oxygen atoms in total. The Balaban J connectivity index is 1.65. The van der Waals surface area contributed by atoms with Crippen molar-refractivity contribution in [3.63, 3.8) is 0 Å². The number of hydrogen-bond acceptors (Lipinski definition) is 3. The molecular weight excluding hydrogens is 306 g/mol. The van der Waals surface area contributed by atoms with E-state index >= 15 is 0 Å². The van der Waals surface area contributed by atoms with E-state index in [1.807, 2.05) is 24.3 Å². The molecule has 1 aromatic carbocycles. The molecule has 1 aliphatic rings. The summed E-state index contributed by atoms with van der Waals surface area (Å²) in [5, 5.41) is 15.9. The number of aromatic nitrogens is 2. The first-order valence-electron chi connectivity index (χ1n) is 7.94. The summed E-state index contributed by atoms with van der Waals surface area (Å²) in [5.74, 6) is -0.918. The van der Waals surface area contributed by atoms with Crippen molar-refractivity contribution in [2.75, 3.05) is 0 Å². The third kappa shape index (κ3) is 3.71. The molecule has 0 saturated heterocycles. The first kappa shape index (κ1) is 16.0. The number of nitrogens with one attached hydrogen (secondary N) is 1. The predicted octanol–water partition coefficient (Wildman–Crippen LogP) is 2.54. The predicted molar refractivity (Wildman–Crippen MR) is 88.9 cm³/mol. The van der Waals surface area contributed by atoms with E-state index in [1.165, 1.54) is 10.7 Å². The minimum absolute atomic E-state index is 0.000871. The van der Waals surface area contributed by atoms with E-state index < -0.39 is 5.97 Å². The van der Waals surface area contributed by atoms with E-state index in [-0.39, 0.29) is 17.5 Å². The summed E-state index contributed by atoms with van der Waals surface area (Å²) < 4.78 is 1.51. The molecule has 2 aromatic rings. The van der Waals surface area contributed by atoms with E-state index in [1.54, 1.807) is 6.20 Å². The van der Waals surface area contributed by atoms with Crippen molar-refractivity contribution in [3.05, 3.63) is 59.9 Å². The molecule has 0 spiro atoms. The van der Waals surface area contributed by atoms with E-state index in [9.17, 15) is 9.59 Å². The Morgan fingerprint density at radius 2 is 2.17 bits per heavy atom. The minimum Gasteiger partial charge on any atom is -0.476 e. The number of benzene rings is 1. The first-order valence-corrected chi connectivity index (χ1v) is 7.94. The monoisotopic (exact) mass is 325 g/mol. The Kier molecular flexibility index (Phi) is 4.74. The van der Waals surface area contributed by atoms with Crippen LogP contribution in [0.25, 0.3) is 5.69 Å². The highest BCUT2D eigenvalue weighted by atomic mass is 16.4. The van der Waals surface area contributed by atoms with Crippen molar-refractivity contribution in [1.82, 2.24) is 15.1 Å². The standard InChI is InChI=1S/C18H19N3O3/c22-17(14-6-2-1-3-7-14)19-12-13-5-4-8-15(11-13)21-10-9-16(20-21)18(23)24/h1-2,4-5,8-11,14H,3,6-7,12H2,(H,19,22)(H,23,24). The fraction of sp³-hybridized carbons (Fsp3) is 0.278. The van der Waals surface area contributed by atoms with Gasteiger partial charge in [0.05, 0.1) is 5.69 Å². The zero-order chi connectivity index (χ0) is 16.9. The van der Waals surface area contributed by atoms with Crippen LogP contribution in [0, 0.1) is 5.92 Å². The summed E-state index contributed by atoms with van der Waals surface area (Å²) in [6.45, 7) is 0.444. The smallest absolute Gasteiger partial charge is 0.356 e. The molecule has 0 saturated carbocycles. The fourth-order valence-corrected chi connectivity index (χ4v) is 2.76. The lowest BCUT2D eigenvalue weighted by molar-refractivity contribution is -0.125. The number of allylic oxidation sites excluding steroid dienone is 2. The molecule has 6 heteroatoms. The number of rotatable bonds is 5. The summed E-state index contributed by atoms with van der Waals surface area (Å²) in [7, 11) is 0. The van der Waals surface area contributed by atoms with Gasteiger partial charge in [-0.2, -0.15) is 5.10 Å². The lowest BCUT2D eigenvalue weighted by Crippen LogP contribution is -2.30. The summed E-state index contributed by atoms with van der Waals surface area (Å²) in [4.78, 5) is 23.1. The molecule has 1 unspecified atom stereocenters. The molecule has 0 aliphatic heterocycles. The van der Waals surface area contributed by atoms with Gasteiger partial charge in [-0.25, -0.2) is 9.48 Å². The van der Waals surface area contributed by atoms with Gasteiger partial charge >= 0.3 is 5.97 Å². The molecule has 1 aliphatic carbocycles. The lowest BCUT2D eigenvalue weighted by Gasteiger charge is -2.17. The van der Waals surface area contributed by atoms with Gasteiger partial charge in [-0.05, 0) is 43.0 Å². The molecule has 0 radical (unpaired) electrons. The quantitative estimate of drug-likeness (QED) is 0.828. The van der Waals surface area contributed by atoms with Gasteiger partial charge in [-0.1, -0.05) is 24.3 Å². The molecule has 1 aromatic heterocycles. The van der Waals surface area contributed by atoms with Gasteiger partial charge in [0.1, 0.15) is 0 Å². The number of aromatic carboxylic acids is 1. The number of carboxylic acids is 1. The maximum atomic E-state index is 12.2. The summed E-state index contributed by atoms with van der Waals surface area (Å²) in [6.07, 6.45) is 8.44. The van der Waals surface area contributed by atoms with Gasteiger partial charge in [0.2, 0.25) is 5.91 Å². The van der Waals surface area contributed by atoms with E-state index in [4.69, 9.17) is 5.11 Å². The Labute approximate surface area is 139 Å². The molecule has 1 amide bonds. The third-order valence-electron chi connectivity index (χ3n) is 4.09. The van der Waals surface area contributed by atoms with Crippen LogP contribution in [0.1, 0.15) is 35.3 Å². The van der Waals surface area contributed by atoms with Crippen molar-refractivity contribution >= 4 is 11.9 Å². The van der Waals surface area contributed by atoms with Crippen molar-refractivity contribution in [3.8, 4) is 5.69 Å². The molecule has 1 atom stereocenters. The van der Waals surface area contributed by atoms with Crippen LogP contribution >= 0.6 is 0 Å². The van der Waals surface area contributed by atoms with Crippen LogP contribution in [0.2, 0.25) is 0 Å². The van der Waals surface area contributed by atoms with E-state index in [2.05, 4.69) is 22.6 Å². The highest BCUT2D eigenvalue weighted by Crippen LogP contribution is 2.18. The third-order valence-corrected chi connectivity index (χ3v) is 4.09. The van der Waals surface area contributed by atoms with Gasteiger partial charge in [0, 0.05) is 18.7 Å². The number of hydrogen-bond donors (Lipinski definition) is 2. The maximum Gasteiger partial charge on any atom is 0.356 e. The van der Waals surface area contributed by atoms with Gasteiger partial charge in [-0.15, -0.1) is 0 Å². The molecule has 0 fully saturated rings. The van der Waals surface area contributed by atoms with Crippen LogP contribution in [-0.4, -0.2) is 26.8 Å². The molecule has 1 heterocycles. The minimum atomic E-state index is -1.06. The fourth-order valence-electron chi connectivity index (χ4n) is 2.76. The van der Waals surface area contributed by atoms with Crippen LogP contribution < -0.4 is 5.32 Å². The van der Waals surface area contributed by atoms with Gasteiger partial charge < -0.3 is 10.4 Å². The Bertz CT molecular complexity index is 779. The normalized spacial score (nSPS) is 16.8. The Morgan fingerprint density at radius 1 is 1.29 bits per heavy atom. The van der Waals surface area contributed by atoms with E-state index in [0.29, 0.717) is 6.54 Å². The van der Waals surface area contributed by atoms with Gasteiger partial charge in [-0.3, -0.25) is 4.79 Å². The first-order chi connectivity index (χ1) is 11.6. The highest BCUT2D eigenvalue weighted by molar-refractivity contribution is 5.85. The zero-order valence-electron chi connectivity index (χ0n) is 13.2. The van der Waals surface area contributed by atoms with Crippen molar-refractivity contribution in [2.45, 2.75) is 25.8 Å². The van der Waals surface area contributed by atoms with Crippen molar-refractivity contribution in [2.24, 2.45) is 5.92 Å². The largest absolute Gasteiger partial charge is 0.476 e. The lowest BCUT2D eigenvalue weighted by atomic mass is 9.93.